The fourth-order valence-corrected chi connectivity index (χ4v) is 1.38. The van der Waals surface area contributed by atoms with Gasteiger partial charge in [-0.3, -0.25) is 4.79 Å². The van der Waals surface area contributed by atoms with Crippen molar-refractivity contribution in [1.29, 1.82) is 0 Å². The fraction of sp³-hybridized carbons (Fsp3) is 0.286. The summed E-state index contributed by atoms with van der Waals surface area (Å²) in [4.78, 5) is 13.3. The van der Waals surface area contributed by atoms with Gasteiger partial charge in [0.15, 0.2) is 5.43 Å². The number of H-pyrrole nitrogens is 1. The van der Waals surface area contributed by atoms with Crippen molar-refractivity contribution < 1.29 is 13.9 Å². The molecular formula is C7H6F2INO2. The quantitative estimate of drug-likeness (QED) is 0.812. The number of rotatable bonds is 2. The smallest absolute Gasteiger partial charge is 0.279 e. The van der Waals surface area contributed by atoms with E-state index in [1.165, 1.54) is 0 Å². The van der Waals surface area contributed by atoms with Crippen LogP contribution in [-0.2, 0) is 6.61 Å². The highest BCUT2D eigenvalue weighted by Crippen LogP contribution is 2.19. The van der Waals surface area contributed by atoms with Crippen molar-refractivity contribution >= 4 is 22.6 Å². The van der Waals surface area contributed by atoms with Crippen LogP contribution < -0.4 is 5.43 Å². The Labute approximate surface area is 85.9 Å². The fourth-order valence-electron chi connectivity index (χ4n) is 0.854. The molecule has 0 aromatic carbocycles. The predicted molar refractivity (Wildman–Crippen MR) is 50.7 cm³/mol. The van der Waals surface area contributed by atoms with Crippen molar-refractivity contribution in [3.05, 3.63) is 31.2 Å². The molecule has 72 valence electrons. The minimum absolute atomic E-state index is 0.0372. The summed E-state index contributed by atoms with van der Waals surface area (Å²) in [5, 5.41) is 8.64. The van der Waals surface area contributed by atoms with E-state index in [-0.39, 0.29) is 9.26 Å². The third-order valence-corrected chi connectivity index (χ3v) is 2.55. The summed E-state index contributed by atoms with van der Waals surface area (Å²) in [6.45, 7) is -0.453. The van der Waals surface area contributed by atoms with Crippen LogP contribution in [-0.4, -0.2) is 10.1 Å². The first-order valence-electron chi connectivity index (χ1n) is 3.37. The lowest BCUT2D eigenvalue weighted by molar-refractivity contribution is 0.144. The van der Waals surface area contributed by atoms with E-state index in [1.54, 1.807) is 22.6 Å². The van der Waals surface area contributed by atoms with Gasteiger partial charge in [0.05, 0.1) is 15.9 Å². The lowest BCUT2D eigenvalue weighted by Crippen LogP contribution is -2.13. The number of hydrogen-bond donors (Lipinski definition) is 2. The maximum absolute atomic E-state index is 12.3. The van der Waals surface area contributed by atoms with Crippen molar-refractivity contribution in [3.8, 4) is 0 Å². The number of pyridine rings is 1. The summed E-state index contributed by atoms with van der Waals surface area (Å²) in [5.74, 6) is 0. The maximum Gasteiger partial charge on any atom is 0.279 e. The van der Waals surface area contributed by atoms with Crippen molar-refractivity contribution in [2.24, 2.45) is 0 Å². The number of aliphatic hydroxyl groups is 1. The molecule has 1 rings (SSSR count). The minimum atomic E-state index is -2.73. The Bertz CT molecular complexity index is 364. The van der Waals surface area contributed by atoms with Gasteiger partial charge in [-0.25, -0.2) is 8.78 Å². The molecule has 0 atom stereocenters. The van der Waals surface area contributed by atoms with Crippen molar-refractivity contribution in [2.45, 2.75) is 13.0 Å². The van der Waals surface area contributed by atoms with E-state index in [1.807, 2.05) is 0 Å². The topological polar surface area (TPSA) is 53.1 Å². The molecule has 0 amide bonds. The third kappa shape index (κ3) is 2.25. The van der Waals surface area contributed by atoms with Crippen LogP contribution in [0.25, 0.3) is 0 Å². The summed E-state index contributed by atoms with van der Waals surface area (Å²) in [6, 6.07) is 1.10. The van der Waals surface area contributed by atoms with Crippen LogP contribution >= 0.6 is 22.6 Å². The lowest BCUT2D eigenvalue weighted by atomic mass is 10.3. The van der Waals surface area contributed by atoms with Gasteiger partial charge in [-0.05, 0) is 22.6 Å². The summed E-state index contributed by atoms with van der Waals surface area (Å²) in [5.41, 5.74) is -0.837. The van der Waals surface area contributed by atoms with Gasteiger partial charge in [0.1, 0.15) is 0 Å². The van der Waals surface area contributed by atoms with Crippen molar-refractivity contribution in [2.75, 3.05) is 0 Å². The van der Waals surface area contributed by atoms with Gasteiger partial charge in [-0.15, -0.1) is 0 Å². The van der Waals surface area contributed by atoms with Crippen LogP contribution in [0.15, 0.2) is 10.9 Å². The van der Waals surface area contributed by atoms with Gasteiger partial charge in [-0.2, -0.15) is 0 Å². The largest absolute Gasteiger partial charge is 0.390 e. The van der Waals surface area contributed by atoms with Gasteiger partial charge < -0.3 is 10.1 Å². The van der Waals surface area contributed by atoms with Crippen molar-refractivity contribution in [1.82, 2.24) is 4.98 Å². The first-order chi connectivity index (χ1) is 6.06. The molecule has 13 heavy (non-hydrogen) atoms. The predicted octanol–water partition coefficient (Wildman–Crippen LogP) is 1.41. The molecule has 6 heteroatoms. The van der Waals surface area contributed by atoms with Crippen LogP contribution in [0.5, 0.6) is 0 Å². The second-order valence-electron chi connectivity index (χ2n) is 2.35. The summed E-state index contributed by atoms with van der Waals surface area (Å²) < 4.78 is 24.5. The monoisotopic (exact) mass is 301 g/mol. The van der Waals surface area contributed by atoms with Gasteiger partial charge in [-0.1, -0.05) is 0 Å². The van der Waals surface area contributed by atoms with Gasteiger partial charge in [0.2, 0.25) is 0 Å². The third-order valence-electron chi connectivity index (χ3n) is 1.44. The highest BCUT2D eigenvalue weighted by Gasteiger charge is 2.15. The Hall–Kier alpha value is -0.500. The molecule has 0 saturated heterocycles. The second-order valence-corrected chi connectivity index (χ2v) is 3.42. The Kier molecular flexibility index (Phi) is 3.37. The minimum Gasteiger partial charge on any atom is -0.390 e. The number of aliphatic hydroxyl groups excluding tert-OH is 1. The van der Waals surface area contributed by atoms with Gasteiger partial charge >= 0.3 is 0 Å². The number of alkyl halides is 2. The zero-order chi connectivity index (χ0) is 10.0. The maximum atomic E-state index is 12.3. The highest BCUT2D eigenvalue weighted by molar-refractivity contribution is 14.1. The SMILES string of the molecule is O=c1cc(CO)[nH]c(C(F)F)c1I. The molecule has 0 radical (unpaired) electrons. The number of halogens is 3. The standard InChI is InChI=1S/C7H6F2INO2/c8-7(9)6-5(10)4(13)1-3(2-12)11-6/h1,7,12H,2H2,(H,11,13). The zero-order valence-electron chi connectivity index (χ0n) is 6.35. The first kappa shape index (κ1) is 10.6. The molecule has 0 aliphatic rings. The summed E-state index contributed by atoms with van der Waals surface area (Å²) in [7, 11) is 0. The Morgan fingerprint density at radius 3 is 2.69 bits per heavy atom. The molecule has 1 aromatic heterocycles. The average molecular weight is 301 g/mol. The Morgan fingerprint density at radius 1 is 1.62 bits per heavy atom. The van der Waals surface area contributed by atoms with Crippen LogP contribution in [0.1, 0.15) is 17.8 Å². The van der Waals surface area contributed by atoms with E-state index >= 15 is 0 Å². The number of aromatic nitrogens is 1. The molecule has 1 aromatic rings. The molecule has 0 bridgehead atoms. The molecular weight excluding hydrogens is 295 g/mol. The van der Waals surface area contributed by atoms with E-state index in [0.717, 1.165) is 6.07 Å². The first-order valence-corrected chi connectivity index (χ1v) is 4.44. The van der Waals surface area contributed by atoms with Gasteiger partial charge in [0.25, 0.3) is 6.43 Å². The Balaban J connectivity index is 3.33. The molecule has 3 nitrogen and oxygen atoms in total. The van der Waals surface area contributed by atoms with E-state index in [2.05, 4.69) is 4.98 Å². The van der Waals surface area contributed by atoms with E-state index < -0.39 is 24.2 Å². The van der Waals surface area contributed by atoms with E-state index in [9.17, 15) is 13.6 Å². The number of hydrogen-bond acceptors (Lipinski definition) is 2. The van der Waals surface area contributed by atoms with Crippen LogP contribution in [0.4, 0.5) is 8.78 Å². The molecule has 2 N–H and O–H groups in total. The molecule has 0 unspecified atom stereocenters. The van der Waals surface area contributed by atoms with Crippen LogP contribution in [0.2, 0.25) is 0 Å². The molecule has 0 spiro atoms. The highest BCUT2D eigenvalue weighted by atomic mass is 127. The van der Waals surface area contributed by atoms with Crippen molar-refractivity contribution in [3.63, 3.8) is 0 Å². The van der Waals surface area contributed by atoms with Gasteiger partial charge in [0, 0.05) is 11.8 Å². The zero-order valence-corrected chi connectivity index (χ0v) is 8.51. The van der Waals surface area contributed by atoms with Crippen LogP contribution in [0, 0.1) is 3.57 Å². The van der Waals surface area contributed by atoms with E-state index in [4.69, 9.17) is 5.11 Å². The number of aromatic amines is 1. The molecule has 0 aliphatic carbocycles. The average Bonchev–Trinajstić information content (AvgIpc) is 2.09. The number of nitrogens with one attached hydrogen (secondary N) is 1. The summed E-state index contributed by atoms with van der Waals surface area (Å²) >= 11 is 1.55. The molecule has 0 aliphatic heterocycles. The summed E-state index contributed by atoms with van der Waals surface area (Å²) in [6.07, 6.45) is -2.73. The lowest BCUT2D eigenvalue weighted by Gasteiger charge is -2.04. The normalized spacial score (nSPS) is 10.8. The second kappa shape index (κ2) is 4.14. The van der Waals surface area contributed by atoms with E-state index in [0.29, 0.717) is 0 Å². The molecule has 0 saturated carbocycles. The Morgan fingerprint density at radius 2 is 2.23 bits per heavy atom. The molecule has 0 fully saturated rings. The molecule has 1 heterocycles. The van der Waals surface area contributed by atoms with Crippen LogP contribution in [0.3, 0.4) is 0 Å².